The number of halogens is 1. The largest absolute Gasteiger partial charge is 0.342 e. The Hall–Kier alpha value is -2.41. The third-order valence-corrected chi connectivity index (χ3v) is 4.07. The summed E-state index contributed by atoms with van der Waals surface area (Å²) in [7, 11) is 0. The van der Waals surface area contributed by atoms with Crippen LogP contribution in [0, 0.1) is 23.6 Å². The van der Waals surface area contributed by atoms with E-state index in [4.69, 9.17) is 9.47 Å². The van der Waals surface area contributed by atoms with Gasteiger partial charge in [-0.25, -0.2) is 4.39 Å². The first kappa shape index (κ1) is 17.4. The van der Waals surface area contributed by atoms with Crippen molar-refractivity contribution in [1.29, 1.82) is 0 Å². The zero-order valence-corrected chi connectivity index (χ0v) is 14.2. The van der Waals surface area contributed by atoms with Crippen LogP contribution in [0.5, 0.6) is 0 Å². The number of hydrogen-bond donors (Lipinski definition) is 0. The number of hydrogen-bond acceptors (Lipinski definition) is 2. The third kappa shape index (κ3) is 5.03. The van der Waals surface area contributed by atoms with Gasteiger partial charge in [0.2, 0.25) is 6.29 Å². The SMILES string of the molecule is C/C=C/CC1COC(C#Cc2ccc(-c3ccc(F)cc3)cc2)OC1. The second-order valence-corrected chi connectivity index (χ2v) is 6.02. The lowest BCUT2D eigenvalue weighted by molar-refractivity contribution is -0.168. The Balaban J connectivity index is 1.58. The Kier molecular flexibility index (Phi) is 6.00. The summed E-state index contributed by atoms with van der Waals surface area (Å²) in [5, 5.41) is 0. The smallest absolute Gasteiger partial charge is 0.222 e. The van der Waals surface area contributed by atoms with Crippen molar-refractivity contribution < 1.29 is 13.9 Å². The lowest BCUT2D eigenvalue weighted by atomic mass is 10.0. The Morgan fingerprint density at radius 3 is 2.20 bits per heavy atom. The summed E-state index contributed by atoms with van der Waals surface area (Å²) in [5.74, 6) is 6.28. The Labute approximate surface area is 148 Å². The average Bonchev–Trinajstić information content (AvgIpc) is 2.67. The standard InChI is InChI=1S/C22H21FO2/c1-2-3-4-18-15-24-22(25-16-18)14-7-17-5-8-19(9-6-17)20-10-12-21(23)13-11-20/h2-3,5-6,8-13,18,22H,4,15-16H2,1H3/b3-2+. The van der Waals surface area contributed by atoms with Crippen LogP contribution in [0.4, 0.5) is 4.39 Å². The zero-order valence-electron chi connectivity index (χ0n) is 14.2. The van der Waals surface area contributed by atoms with Gasteiger partial charge >= 0.3 is 0 Å². The molecule has 1 aliphatic rings. The van der Waals surface area contributed by atoms with E-state index in [1.54, 1.807) is 12.1 Å². The van der Waals surface area contributed by atoms with E-state index in [1.165, 1.54) is 12.1 Å². The molecular formula is C22H21FO2. The number of allylic oxidation sites excluding steroid dienone is 2. The molecule has 0 saturated carbocycles. The van der Waals surface area contributed by atoms with Crippen molar-refractivity contribution in [2.75, 3.05) is 13.2 Å². The first-order chi connectivity index (χ1) is 12.2. The van der Waals surface area contributed by atoms with Gasteiger partial charge in [-0.1, -0.05) is 42.3 Å². The summed E-state index contributed by atoms with van der Waals surface area (Å²) in [5.41, 5.74) is 2.91. The summed E-state index contributed by atoms with van der Waals surface area (Å²) in [6.07, 6.45) is 4.69. The quantitative estimate of drug-likeness (QED) is 0.592. The zero-order chi connectivity index (χ0) is 17.5. The second kappa shape index (κ2) is 8.62. The molecular weight excluding hydrogens is 315 g/mol. The molecule has 0 unspecified atom stereocenters. The van der Waals surface area contributed by atoms with E-state index in [-0.39, 0.29) is 5.82 Å². The summed E-state index contributed by atoms with van der Waals surface area (Å²) in [6.45, 7) is 3.36. The molecule has 3 rings (SSSR count). The topological polar surface area (TPSA) is 18.5 Å². The maximum Gasteiger partial charge on any atom is 0.222 e. The fourth-order valence-electron chi connectivity index (χ4n) is 2.62. The van der Waals surface area contributed by atoms with E-state index < -0.39 is 6.29 Å². The van der Waals surface area contributed by atoms with E-state index in [0.29, 0.717) is 19.1 Å². The van der Waals surface area contributed by atoms with Crippen molar-refractivity contribution >= 4 is 0 Å². The Morgan fingerprint density at radius 1 is 1.00 bits per heavy atom. The fraction of sp³-hybridized carbons (Fsp3) is 0.273. The first-order valence-electron chi connectivity index (χ1n) is 8.46. The van der Waals surface area contributed by atoms with Crippen molar-refractivity contribution in [3.63, 3.8) is 0 Å². The molecule has 0 aromatic heterocycles. The van der Waals surface area contributed by atoms with Gasteiger partial charge in [-0.2, -0.15) is 0 Å². The van der Waals surface area contributed by atoms with Gasteiger partial charge in [-0.15, -0.1) is 0 Å². The number of benzene rings is 2. The third-order valence-electron chi connectivity index (χ3n) is 4.07. The lowest BCUT2D eigenvalue weighted by Crippen LogP contribution is -2.30. The molecule has 128 valence electrons. The highest BCUT2D eigenvalue weighted by Crippen LogP contribution is 2.20. The first-order valence-corrected chi connectivity index (χ1v) is 8.46. The van der Waals surface area contributed by atoms with E-state index >= 15 is 0 Å². The van der Waals surface area contributed by atoms with Crippen LogP contribution < -0.4 is 0 Å². The van der Waals surface area contributed by atoms with Gasteiger partial charge in [-0.3, -0.25) is 0 Å². The maximum absolute atomic E-state index is 13.0. The molecule has 1 heterocycles. The average molecular weight is 336 g/mol. The van der Waals surface area contributed by atoms with Crippen molar-refractivity contribution in [2.45, 2.75) is 19.6 Å². The van der Waals surface area contributed by atoms with Gasteiger partial charge in [-0.05, 0) is 54.7 Å². The van der Waals surface area contributed by atoms with Crippen LogP contribution >= 0.6 is 0 Å². The molecule has 1 aliphatic heterocycles. The number of rotatable bonds is 3. The fourth-order valence-corrected chi connectivity index (χ4v) is 2.62. The van der Waals surface area contributed by atoms with Gasteiger partial charge in [0, 0.05) is 11.5 Å². The van der Waals surface area contributed by atoms with Gasteiger partial charge in [0.05, 0.1) is 13.2 Å². The lowest BCUT2D eigenvalue weighted by Gasteiger charge is -2.25. The van der Waals surface area contributed by atoms with Crippen LogP contribution in [-0.4, -0.2) is 19.5 Å². The van der Waals surface area contributed by atoms with Crippen molar-refractivity contribution in [1.82, 2.24) is 0 Å². The van der Waals surface area contributed by atoms with Crippen LogP contribution in [0.1, 0.15) is 18.9 Å². The molecule has 2 aromatic carbocycles. The molecule has 0 bridgehead atoms. The summed E-state index contributed by atoms with van der Waals surface area (Å²) in [6, 6.07) is 14.3. The van der Waals surface area contributed by atoms with Crippen LogP contribution in [0.25, 0.3) is 11.1 Å². The minimum absolute atomic E-state index is 0.230. The Bertz CT molecular complexity index is 758. The van der Waals surface area contributed by atoms with Crippen molar-refractivity contribution in [2.24, 2.45) is 5.92 Å². The van der Waals surface area contributed by atoms with E-state index in [0.717, 1.165) is 23.1 Å². The maximum atomic E-state index is 13.0. The predicted molar refractivity (Wildman–Crippen MR) is 97.3 cm³/mol. The molecule has 3 heteroatoms. The molecule has 0 aliphatic carbocycles. The monoisotopic (exact) mass is 336 g/mol. The molecule has 2 aromatic rings. The number of ether oxygens (including phenoxy) is 2. The van der Waals surface area contributed by atoms with Crippen LogP contribution in [0.3, 0.4) is 0 Å². The highest BCUT2D eigenvalue weighted by Gasteiger charge is 2.19. The predicted octanol–water partition coefficient (Wildman–Crippen LogP) is 4.80. The van der Waals surface area contributed by atoms with Crippen molar-refractivity contribution in [3.8, 4) is 23.0 Å². The molecule has 0 atom stereocenters. The van der Waals surface area contributed by atoms with Crippen molar-refractivity contribution in [3.05, 3.63) is 72.1 Å². The van der Waals surface area contributed by atoms with Crippen LogP contribution in [0.15, 0.2) is 60.7 Å². The van der Waals surface area contributed by atoms with Gasteiger partial charge in [0.1, 0.15) is 5.82 Å². The van der Waals surface area contributed by atoms with Gasteiger partial charge in [0.15, 0.2) is 0 Å². The normalized spacial score (nSPS) is 20.2. The van der Waals surface area contributed by atoms with E-state index in [1.807, 2.05) is 37.3 Å². The minimum atomic E-state index is -0.460. The molecule has 1 fully saturated rings. The summed E-state index contributed by atoms with van der Waals surface area (Å²) >= 11 is 0. The second-order valence-electron chi connectivity index (χ2n) is 6.02. The molecule has 0 spiro atoms. The minimum Gasteiger partial charge on any atom is -0.342 e. The molecule has 1 saturated heterocycles. The molecule has 0 N–H and O–H groups in total. The highest BCUT2D eigenvalue weighted by molar-refractivity contribution is 5.64. The molecule has 0 radical (unpaired) electrons. The van der Waals surface area contributed by atoms with E-state index in [2.05, 4.69) is 17.9 Å². The van der Waals surface area contributed by atoms with E-state index in [9.17, 15) is 4.39 Å². The summed E-state index contributed by atoms with van der Waals surface area (Å²) < 4.78 is 24.3. The summed E-state index contributed by atoms with van der Waals surface area (Å²) in [4.78, 5) is 0. The highest BCUT2D eigenvalue weighted by atomic mass is 19.1. The van der Waals surface area contributed by atoms with Crippen LogP contribution in [0.2, 0.25) is 0 Å². The molecule has 2 nitrogen and oxygen atoms in total. The van der Waals surface area contributed by atoms with Crippen LogP contribution in [-0.2, 0) is 9.47 Å². The van der Waals surface area contributed by atoms with Gasteiger partial charge in [0.25, 0.3) is 0 Å². The Morgan fingerprint density at radius 2 is 1.60 bits per heavy atom. The molecule has 25 heavy (non-hydrogen) atoms. The molecule has 0 amide bonds. The van der Waals surface area contributed by atoms with Gasteiger partial charge < -0.3 is 9.47 Å².